The maximum atomic E-state index is 13.2. The number of carbonyl (C=O) groups is 4. The van der Waals surface area contributed by atoms with Crippen LogP contribution in [0.25, 0.3) is 0 Å². The van der Waals surface area contributed by atoms with E-state index in [9.17, 15) is 43.2 Å². The van der Waals surface area contributed by atoms with E-state index in [1.54, 1.807) is 0 Å². The Balaban J connectivity index is 5.24. The SMILES string of the molecule is CCCCCCCCCCCCCCCCCCCCCCCCC(=O)O[C@H](COC(=O)CCCCCCCCCCCCCCCCCCCCCC)COP(=O)(O)OC[C@@H](O)COP(=O)(O)OC[C@@H](COC(=O)CCCCCCCCCCCC(C)C)OC(=O)CCCCCCCCCCCCCCCCCCC(C)C. The number of aliphatic hydroxyl groups is 1. The molecule has 0 bridgehead atoms. The average molecular weight is 1650 g/mol. The quantitative estimate of drug-likeness (QED) is 0.0222. The fourth-order valence-corrected chi connectivity index (χ4v) is 16.4. The molecule has 0 saturated carbocycles. The molecule has 113 heavy (non-hydrogen) atoms. The maximum Gasteiger partial charge on any atom is 0.472 e. The smallest absolute Gasteiger partial charge is 0.462 e. The largest absolute Gasteiger partial charge is 0.472 e. The van der Waals surface area contributed by atoms with Crippen molar-refractivity contribution in [3.05, 3.63) is 0 Å². The first-order valence-electron chi connectivity index (χ1n) is 48.5. The number of rotatable bonds is 93. The zero-order chi connectivity index (χ0) is 82.7. The van der Waals surface area contributed by atoms with Gasteiger partial charge in [0, 0.05) is 25.7 Å². The molecule has 0 aromatic heterocycles. The molecule has 0 aromatic carbocycles. The van der Waals surface area contributed by atoms with Crippen molar-refractivity contribution < 1.29 is 80.2 Å². The van der Waals surface area contributed by atoms with Gasteiger partial charge in [-0.05, 0) is 37.5 Å². The molecule has 5 atom stereocenters. The highest BCUT2D eigenvalue weighted by Gasteiger charge is 2.31. The maximum absolute atomic E-state index is 13.2. The Hall–Kier alpha value is -1.94. The molecule has 0 aliphatic carbocycles. The van der Waals surface area contributed by atoms with Crippen molar-refractivity contribution in [2.24, 2.45) is 11.8 Å². The highest BCUT2D eigenvalue weighted by Crippen LogP contribution is 2.45. The molecule has 19 heteroatoms. The van der Waals surface area contributed by atoms with Crippen molar-refractivity contribution in [3.8, 4) is 0 Å². The zero-order valence-corrected chi connectivity index (χ0v) is 76.5. The molecule has 0 heterocycles. The number of phosphoric acid groups is 2. The third-order valence-corrected chi connectivity index (χ3v) is 24.1. The topological polar surface area (TPSA) is 237 Å². The molecular weight excluding hydrogens is 1460 g/mol. The van der Waals surface area contributed by atoms with Crippen molar-refractivity contribution in [1.29, 1.82) is 0 Å². The van der Waals surface area contributed by atoms with Crippen LogP contribution in [0, 0.1) is 11.8 Å². The lowest BCUT2D eigenvalue weighted by atomic mass is 10.0. The average Bonchev–Trinajstić information content (AvgIpc) is 0.888. The van der Waals surface area contributed by atoms with Crippen molar-refractivity contribution in [2.75, 3.05) is 39.6 Å². The Morgan fingerprint density at radius 2 is 0.407 bits per heavy atom. The normalized spacial score (nSPS) is 13.7. The van der Waals surface area contributed by atoms with Gasteiger partial charge in [0.05, 0.1) is 26.4 Å². The fraction of sp³-hybridized carbons (Fsp3) is 0.957. The van der Waals surface area contributed by atoms with Crippen molar-refractivity contribution in [1.82, 2.24) is 0 Å². The van der Waals surface area contributed by atoms with Crippen LogP contribution in [0.3, 0.4) is 0 Å². The van der Waals surface area contributed by atoms with Crippen LogP contribution in [-0.4, -0.2) is 96.7 Å². The Morgan fingerprint density at radius 1 is 0.239 bits per heavy atom. The summed E-state index contributed by atoms with van der Waals surface area (Å²) in [6, 6.07) is 0. The highest BCUT2D eigenvalue weighted by atomic mass is 31.2. The van der Waals surface area contributed by atoms with Gasteiger partial charge < -0.3 is 33.8 Å². The van der Waals surface area contributed by atoms with Crippen LogP contribution in [0.5, 0.6) is 0 Å². The number of carbonyl (C=O) groups excluding carboxylic acids is 4. The molecule has 0 aliphatic heterocycles. The molecule has 0 aromatic rings. The lowest BCUT2D eigenvalue weighted by Gasteiger charge is -2.21. The van der Waals surface area contributed by atoms with Crippen LogP contribution in [0.2, 0.25) is 0 Å². The number of unbranched alkanes of at least 4 members (excludes halogenated alkanes) is 63. The second-order valence-electron chi connectivity index (χ2n) is 34.7. The van der Waals surface area contributed by atoms with E-state index < -0.39 is 97.5 Å². The highest BCUT2D eigenvalue weighted by molar-refractivity contribution is 7.47. The minimum atomic E-state index is -4.97. The standard InChI is InChI=1S/C94H184O17P2/c1-7-9-11-13-15-17-19-21-23-25-27-29-30-32-34-39-43-47-53-60-66-72-78-93(98)110-89(82-104-91(96)76-70-64-58-52-46-42-38-33-31-28-26-24-22-20-18-16-14-12-10-8-2)84-108-112(100,101)106-80-88(95)81-107-113(102,103)109-85-90(83-105-92(97)77-71-65-59-55-49-51-57-63-69-75-87(5)6)111-94(99)79-73-67-61-54-48-44-40-36-35-37-41-45-50-56-62-68-74-86(3)4/h86-90,95H,7-85H2,1-6H3,(H,100,101)(H,102,103)/t88-,89-,90-/m1/s1. The number of hydrogen-bond donors (Lipinski definition) is 3. The van der Waals surface area contributed by atoms with Gasteiger partial charge in [-0.25, -0.2) is 9.13 Å². The van der Waals surface area contributed by atoms with Crippen LogP contribution in [-0.2, 0) is 65.4 Å². The van der Waals surface area contributed by atoms with Gasteiger partial charge in [-0.15, -0.1) is 0 Å². The number of hydrogen-bond acceptors (Lipinski definition) is 15. The van der Waals surface area contributed by atoms with E-state index in [2.05, 4.69) is 41.5 Å². The van der Waals surface area contributed by atoms with Crippen molar-refractivity contribution >= 4 is 39.5 Å². The lowest BCUT2D eigenvalue weighted by Crippen LogP contribution is -2.30. The predicted octanol–water partition coefficient (Wildman–Crippen LogP) is 29.4. The fourth-order valence-electron chi connectivity index (χ4n) is 14.8. The van der Waals surface area contributed by atoms with Gasteiger partial charge in [-0.2, -0.15) is 0 Å². The first-order chi connectivity index (χ1) is 54.9. The van der Waals surface area contributed by atoms with E-state index in [1.165, 1.54) is 327 Å². The van der Waals surface area contributed by atoms with E-state index in [0.29, 0.717) is 25.7 Å². The summed E-state index contributed by atoms with van der Waals surface area (Å²) in [5.41, 5.74) is 0. The zero-order valence-electron chi connectivity index (χ0n) is 74.7. The first-order valence-corrected chi connectivity index (χ1v) is 51.5. The van der Waals surface area contributed by atoms with Crippen molar-refractivity contribution in [3.63, 3.8) is 0 Å². The number of aliphatic hydroxyl groups excluding tert-OH is 1. The molecule has 17 nitrogen and oxygen atoms in total. The molecule has 0 rings (SSSR count). The van der Waals surface area contributed by atoms with Crippen molar-refractivity contribution in [2.45, 2.75) is 529 Å². The Labute approximate surface area is 696 Å². The van der Waals surface area contributed by atoms with Gasteiger partial charge in [0.1, 0.15) is 19.3 Å². The Morgan fingerprint density at radius 3 is 0.602 bits per heavy atom. The monoisotopic (exact) mass is 1650 g/mol. The number of ether oxygens (including phenoxy) is 4. The number of esters is 4. The third-order valence-electron chi connectivity index (χ3n) is 22.2. The summed E-state index contributed by atoms with van der Waals surface area (Å²) in [5, 5.41) is 10.7. The molecule has 0 amide bonds. The summed E-state index contributed by atoms with van der Waals surface area (Å²) in [4.78, 5) is 73.5. The second-order valence-corrected chi connectivity index (χ2v) is 37.6. The van der Waals surface area contributed by atoms with Gasteiger partial charge >= 0.3 is 39.5 Å². The third kappa shape index (κ3) is 87.7. The van der Waals surface area contributed by atoms with E-state index in [-0.39, 0.29) is 25.7 Å². The lowest BCUT2D eigenvalue weighted by molar-refractivity contribution is -0.161. The van der Waals surface area contributed by atoms with Crippen LogP contribution in [0.4, 0.5) is 0 Å². The molecule has 0 spiro atoms. The molecule has 672 valence electrons. The molecule has 3 N–H and O–H groups in total. The van der Waals surface area contributed by atoms with E-state index in [0.717, 1.165) is 102 Å². The first kappa shape index (κ1) is 111. The molecular formula is C94H184O17P2. The minimum Gasteiger partial charge on any atom is -0.462 e. The Kier molecular flexibility index (Phi) is 83.6. The van der Waals surface area contributed by atoms with Crippen LogP contribution in [0.1, 0.15) is 510 Å². The molecule has 0 radical (unpaired) electrons. The second kappa shape index (κ2) is 85.1. The molecule has 0 fully saturated rings. The van der Waals surface area contributed by atoms with Gasteiger partial charge in [0.25, 0.3) is 0 Å². The van der Waals surface area contributed by atoms with Gasteiger partial charge in [-0.1, -0.05) is 459 Å². The summed E-state index contributed by atoms with van der Waals surface area (Å²) in [7, 11) is -9.94. The Bertz CT molecular complexity index is 2150. The van der Waals surface area contributed by atoms with Gasteiger partial charge in [0.2, 0.25) is 0 Å². The summed E-state index contributed by atoms with van der Waals surface area (Å²) in [6.07, 6.45) is 80.8. The summed E-state index contributed by atoms with van der Waals surface area (Å²) < 4.78 is 69.2. The van der Waals surface area contributed by atoms with E-state index in [1.807, 2.05) is 0 Å². The molecule has 0 saturated heterocycles. The minimum absolute atomic E-state index is 0.108. The van der Waals surface area contributed by atoms with Crippen LogP contribution >= 0.6 is 15.6 Å². The van der Waals surface area contributed by atoms with Gasteiger partial charge in [0.15, 0.2) is 12.2 Å². The summed E-state index contributed by atoms with van der Waals surface area (Å²) >= 11 is 0. The summed E-state index contributed by atoms with van der Waals surface area (Å²) in [5.74, 6) is -0.541. The predicted molar refractivity (Wildman–Crippen MR) is 469 cm³/mol. The number of phosphoric ester groups is 2. The molecule has 2 unspecified atom stereocenters. The van der Waals surface area contributed by atoms with Gasteiger partial charge in [-0.3, -0.25) is 37.3 Å². The summed E-state index contributed by atoms with van der Waals surface area (Å²) in [6.45, 7) is 9.73. The van der Waals surface area contributed by atoms with Crippen LogP contribution < -0.4 is 0 Å². The molecule has 0 aliphatic rings. The van der Waals surface area contributed by atoms with E-state index >= 15 is 0 Å². The van der Waals surface area contributed by atoms with E-state index in [4.69, 9.17) is 37.0 Å². The van der Waals surface area contributed by atoms with Crippen LogP contribution in [0.15, 0.2) is 0 Å².